The van der Waals surface area contributed by atoms with E-state index in [0.29, 0.717) is 24.5 Å². The molecule has 0 aromatic carbocycles. The van der Waals surface area contributed by atoms with Crippen molar-refractivity contribution in [2.75, 3.05) is 11.9 Å². The molecular formula is C12H21N3O. The highest BCUT2D eigenvalue weighted by atomic mass is 16.5. The lowest BCUT2D eigenvalue weighted by Crippen LogP contribution is -2.19. The Labute approximate surface area is 97.5 Å². The van der Waals surface area contributed by atoms with Crippen LogP contribution in [-0.4, -0.2) is 22.6 Å². The van der Waals surface area contributed by atoms with Gasteiger partial charge in [-0.05, 0) is 26.7 Å². The average Bonchev–Trinajstić information content (AvgIpc) is 2.25. The highest BCUT2D eigenvalue weighted by molar-refractivity contribution is 5.31. The number of rotatable bonds is 6. The molecular weight excluding hydrogens is 202 g/mol. The first kappa shape index (κ1) is 12.7. The molecule has 0 aliphatic rings. The van der Waals surface area contributed by atoms with Gasteiger partial charge in [-0.1, -0.05) is 13.8 Å². The van der Waals surface area contributed by atoms with Gasteiger partial charge in [0.1, 0.15) is 0 Å². The Hall–Kier alpha value is -1.32. The van der Waals surface area contributed by atoms with Crippen molar-refractivity contribution in [2.45, 2.75) is 46.6 Å². The molecule has 0 fully saturated rings. The molecule has 0 atom stereocenters. The van der Waals surface area contributed by atoms with E-state index in [2.05, 4.69) is 29.1 Å². The molecule has 1 aromatic rings. The van der Waals surface area contributed by atoms with Crippen LogP contribution < -0.4 is 10.1 Å². The first-order valence-electron chi connectivity index (χ1n) is 5.94. The van der Waals surface area contributed by atoms with Crippen LogP contribution in [0.5, 0.6) is 5.88 Å². The van der Waals surface area contributed by atoms with Crippen molar-refractivity contribution in [1.82, 2.24) is 9.97 Å². The molecule has 0 amide bonds. The van der Waals surface area contributed by atoms with Crippen LogP contribution in [0.1, 0.15) is 39.3 Å². The van der Waals surface area contributed by atoms with E-state index in [4.69, 9.17) is 4.74 Å². The average molecular weight is 223 g/mol. The van der Waals surface area contributed by atoms with E-state index in [0.717, 1.165) is 18.5 Å². The van der Waals surface area contributed by atoms with E-state index >= 15 is 0 Å². The number of anilines is 1. The monoisotopic (exact) mass is 223 g/mol. The van der Waals surface area contributed by atoms with Crippen LogP contribution in [-0.2, 0) is 0 Å². The Balaban J connectivity index is 2.78. The Morgan fingerprint density at radius 1 is 1.25 bits per heavy atom. The maximum absolute atomic E-state index is 5.39. The number of ether oxygens (including phenoxy) is 1. The van der Waals surface area contributed by atoms with Gasteiger partial charge in [-0.2, -0.15) is 4.98 Å². The first-order chi connectivity index (χ1) is 7.69. The molecule has 0 spiro atoms. The molecule has 0 unspecified atom stereocenters. The largest absolute Gasteiger partial charge is 0.478 e. The quantitative estimate of drug-likeness (QED) is 0.805. The summed E-state index contributed by atoms with van der Waals surface area (Å²) in [5, 5.41) is 3.32. The van der Waals surface area contributed by atoms with Crippen molar-refractivity contribution >= 4 is 5.95 Å². The summed E-state index contributed by atoms with van der Waals surface area (Å²) in [6.45, 7) is 8.83. The minimum atomic E-state index is 0.427. The molecule has 0 bridgehead atoms. The van der Waals surface area contributed by atoms with Crippen LogP contribution in [0, 0.1) is 6.92 Å². The van der Waals surface area contributed by atoms with Crippen LogP contribution in [0.2, 0.25) is 0 Å². The third-order valence-corrected chi connectivity index (χ3v) is 2.44. The maximum atomic E-state index is 5.39. The van der Waals surface area contributed by atoms with Crippen molar-refractivity contribution in [2.24, 2.45) is 0 Å². The minimum Gasteiger partial charge on any atom is -0.478 e. The second-order valence-corrected chi connectivity index (χ2v) is 3.76. The summed E-state index contributed by atoms with van der Waals surface area (Å²) in [7, 11) is 0. The number of nitrogens with zero attached hydrogens (tertiary/aromatic N) is 2. The van der Waals surface area contributed by atoms with Crippen LogP contribution in [0.4, 0.5) is 5.95 Å². The zero-order chi connectivity index (χ0) is 12.0. The van der Waals surface area contributed by atoms with Gasteiger partial charge in [0.05, 0.1) is 6.61 Å². The van der Waals surface area contributed by atoms with Crippen molar-refractivity contribution in [3.05, 3.63) is 11.8 Å². The Morgan fingerprint density at radius 3 is 2.50 bits per heavy atom. The summed E-state index contributed by atoms with van der Waals surface area (Å²) in [6, 6.07) is 2.28. The lowest BCUT2D eigenvalue weighted by atomic mass is 10.2. The summed E-state index contributed by atoms with van der Waals surface area (Å²) in [5.41, 5.74) is 0.923. The van der Waals surface area contributed by atoms with Crippen molar-refractivity contribution in [3.8, 4) is 5.88 Å². The molecule has 1 rings (SSSR count). The van der Waals surface area contributed by atoms with Crippen LogP contribution >= 0.6 is 0 Å². The van der Waals surface area contributed by atoms with Gasteiger partial charge in [0.15, 0.2) is 0 Å². The molecule has 1 N–H and O–H groups in total. The number of hydrogen-bond acceptors (Lipinski definition) is 4. The lowest BCUT2D eigenvalue weighted by molar-refractivity contribution is 0.326. The minimum absolute atomic E-state index is 0.427. The molecule has 1 heterocycles. The van der Waals surface area contributed by atoms with Gasteiger partial charge >= 0.3 is 0 Å². The second kappa shape index (κ2) is 6.30. The zero-order valence-corrected chi connectivity index (χ0v) is 10.6. The molecule has 0 saturated heterocycles. The maximum Gasteiger partial charge on any atom is 0.226 e. The predicted molar refractivity (Wildman–Crippen MR) is 65.9 cm³/mol. The fraction of sp³-hybridized carbons (Fsp3) is 0.667. The fourth-order valence-corrected chi connectivity index (χ4v) is 1.50. The standard InChI is InChI=1S/C12H21N3O/c1-5-10(6-2)14-12-13-9(4)8-11(15-12)16-7-3/h8,10H,5-7H2,1-4H3,(H,13,14,15). The van der Waals surface area contributed by atoms with Gasteiger partial charge in [0.2, 0.25) is 11.8 Å². The topological polar surface area (TPSA) is 47.0 Å². The Kier molecular flexibility index (Phi) is 5.02. The Bertz CT molecular complexity index is 324. The molecule has 0 saturated carbocycles. The summed E-state index contributed by atoms with van der Waals surface area (Å²) >= 11 is 0. The summed E-state index contributed by atoms with van der Waals surface area (Å²) in [6.07, 6.45) is 2.13. The van der Waals surface area contributed by atoms with Gasteiger partial charge in [-0.25, -0.2) is 4.98 Å². The molecule has 90 valence electrons. The number of aryl methyl sites for hydroxylation is 1. The molecule has 4 nitrogen and oxygen atoms in total. The van der Waals surface area contributed by atoms with Gasteiger partial charge in [0, 0.05) is 17.8 Å². The van der Waals surface area contributed by atoms with Crippen molar-refractivity contribution in [1.29, 1.82) is 0 Å². The van der Waals surface area contributed by atoms with Crippen LogP contribution in [0.25, 0.3) is 0 Å². The van der Waals surface area contributed by atoms with E-state index < -0.39 is 0 Å². The number of hydrogen-bond donors (Lipinski definition) is 1. The number of aromatic nitrogens is 2. The van der Waals surface area contributed by atoms with Gasteiger partial charge < -0.3 is 10.1 Å². The van der Waals surface area contributed by atoms with Crippen molar-refractivity contribution < 1.29 is 4.74 Å². The van der Waals surface area contributed by atoms with E-state index in [9.17, 15) is 0 Å². The molecule has 0 aliphatic heterocycles. The Morgan fingerprint density at radius 2 is 1.94 bits per heavy atom. The summed E-state index contributed by atoms with van der Waals surface area (Å²) < 4.78 is 5.39. The predicted octanol–water partition coefficient (Wildman–Crippen LogP) is 2.78. The first-order valence-corrected chi connectivity index (χ1v) is 5.94. The van der Waals surface area contributed by atoms with Gasteiger partial charge in [-0.15, -0.1) is 0 Å². The smallest absolute Gasteiger partial charge is 0.226 e. The summed E-state index contributed by atoms with van der Waals surface area (Å²) in [5.74, 6) is 1.31. The molecule has 0 radical (unpaired) electrons. The molecule has 0 aliphatic carbocycles. The fourth-order valence-electron chi connectivity index (χ4n) is 1.50. The van der Waals surface area contributed by atoms with E-state index in [1.54, 1.807) is 0 Å². The van der Waals surface area contributed by atoms with E-state index in [1.165, 1.54) is 0 Å². The molecule has 1 aromatic heterocycles. The van der Waals surface area contributed by atoms with Crippen LogP contribution in [0.15, 0.2) is 6.07 Å². The highest BCUT2D eigenvalue weighted by Gasteiger charge is 2.07. The van der Waals surface area contributed by atoms with Gasteiger partial charge in [0.25, 0.3) is 0 Å². The SMILES string of the molecule is CCOc1cc(C)nc(NC(CC)CC)n1. The highest BCUT2D eigenvalue weighted by Crippen LogP contribution is 2.13. The third-order valence-electron chi connectivity index (χ3n) is 2.44. The van der Waals surface area contributed by atoms with E-state index in [1.807, 2.05) is 19.9 Å². The van der Waals surface area contributed by atoms with E-state index in [-0.39, 0.29) is 0 Å². The normalized spacial score (nSPS) is 10.6. The number of nitrogens with one attached hydrogen (secondary N) is 1. The lowest BCUT2D eigenvalue weighted by Gasteiger charge is -2.15. The summed E-state index contributed by atoms with van der Waals surface area (Å²) in [4.78, 5) is 8.66. The third kappa shape index (κ3) is 3.68. The van der Waals surface area contributed by atoms with Crippen LogP contribution in [0.3, 0.4) is 0 Å². The molecule has 4 heteroatoms. The zero-order valence-electron chi connectivity index (χ0n) is 10.6. The van der Waals surface area contributed by atoms with Crippen molar-refractivity contribution in [3.63, 3.8) is 0 Å². The molecule has 16 heavy (non-hydrogen) atoms. The van der Waals surface area contributed by atoms with Gasteiger partial charge in [-0.3, -0.25) is 0 Å². The second-order valence-electron chi connectivity index (χ2n) is 3.76.